The summed E-state index contributed by atoms with van der Waals surface area (Å²) in [5.74, 6) is 1.46. The second-order valence-corrected chi connectivity index (χ2v) is 8.55. The Balaban J connectivity index is 0.00000480. The van der Waals surface area contributed by atoms with Crippen molar-refractivity contribution in [1.82, 2.24) is 10.6 Å². The third-order valence-corrected chi connectivity index (χ3v) is 5.20. The predicted molar refractivity (Wildman–Crippen MR) is 130 cm³/mol. The fourth-order valence-corrected chi connectivity index (χ4v) is 3.85. The van der Waals surface area contributed by atoms with Crippen molar-refractivity contribution in [3.8, 4) is 11.5 Å². The summed E-state index contributed by atoms with van der Waals surface area (Å²) in [6, 6.07) is 5.05. The predicted octanol–water partition coefficient (Wildman–Crippen LogP) is 4.46. The first kappa shape index (κ1) is 27.7. The molecule has 0 aromatic heterocycles. The molecule has 1 aliphatic rings. The number of nitrogens with one attached hydrogen (secondary N) is 2. The van der Waals surface area contributed by atoms with E-state index in [2.05, 4.69) is 41.1 Å². The fourth-order valence-electron chi connectivity index (χ4n) is 3.85. The number of hydrogen-bond acceptors (Lipinski definition) is 4. The number of rotatable bonds is 8. The zero-order chi connectivity index (χ0) is 22.1. The number of aliphatic imine (C=N–C) groups is 1. The van der Waals surface area contributed by atoms with Crippen molar-refractivity contribution in [1.29, 1.82) is 0 Å². The van der Waals surface area contributed by atoms with Crippen LogP contribution in [0.2, 0.25) is 0 Å². The van der Waals surface area contributed by atoms with Crippen LogP contribution in [0.4, 0.5) is 8.78 Å². The smallest absolute Gasteiger partial charge is 0.387 e. The van der Waals surface area contributed by atoms with Gasteiger partial charge in [0.2, 0.25) is 0 Å². The molecule has 0 aliphatic carbocycles. The molecule has 0 bridgehead atoms. The zero-order valence-corrected chi connectivity index (χ0v) is 21.4. The summed E-state index contributed by atoms with van der Waals surface area (Å²) in [6.07, 6.45) is 3.04. The minimum atomic E-state index is -2.89. The highest BCUT2D eigenvalue weighted by Gasteiger charge is 2.35. The van der Waals surface area contributed by atoms with Crippen LogP contribution in [-0.4, -0.2) is 52.5 Å². The Bertz CT molecular complexity index is 699. The lowest BCUT2D eigenvalue weighted by Crippen LogP contribution is -2.47. The molecule has 2 unspecified atom stereocenters. The molecule has 2 N–H and O–H groups in total. The van der Waals surface area contributed by atoms with Crippen LogP contribution in [0.5, 0.6) is 11.5 Å². The standard InChI is InChI=1S/C22H35F2N3O3.HI/c1-22(2,3)19-16(7-6-12-29-19)14-27-21(25-4)26-11-10-15-8-9-17(28-5)18(13-15)30-20(23)24;/h8-9,13,16,19-20H,6-7,10-12,14H2,1-5H3,(H2,25,26,27);1H. The Morgan fingerprint density at radius 2 is 2.00 bits per heavy atom. The van der Waals surface area contributed by atoms with E-state index in [0.29, 0.717) is 24.8 Å². The number of guanidine groups is 1. The van der Waals surface area contributed by atoms with E-state index in [1.54, 1.807) is 19.2 Å². The molecule has 1 saturated heterocycles. The summed E-state index contributed by atoms with van der Waals surface area (Å²) in [5.41, 5.74) is 0.957. The number of benzene rings is 1. The lowest BCUT2D eigenvalue weighted by atomic mass is 9.78. The molecule has 2 atom stereocenters. The van der Waals surface area contributed by atoms with Gasteiger partial charge in [0.1, 0.15) is 0 Å². The van der Waals surface area contributed by atoms with Gasteiger partial charge in [0.15, 0.2) is 17.5 Å². The van der Waals surface area contributed by atoms with E-state index in [1.807, 2.05) is 6.07 Å². The molecule has 6 nitrogen and oxygen atoms in total. The summed E-state index contributed by atoms with van der Waals surface area (Å²) in [5, 5.41) is 6.68. The molecule has 9 heteroatoms. The number of hydrogen-bond donors (Lipinski definition) is 2. The quantitative estimate of drug-likeness (QED) is 0.282. The van der Waals surface area contributed by atoms with Crippen LogP contribution in [0, 0.1) is 11.3 Å². The van der Waals surface area contributed by atoms with Gasteiger partial charge in [-0.15, -0.1) is 24.0 Å². The van der Waals surface area contributed by atoms with Crippen molar-refractivity contribution in [2.75, 3.05) is 33.9 Å². The lowest BCUT2D eigenvalue weighted by molar-refractivity contribution is -0.0835. The van der Waals surface area contributed by atoms with Crippen LogP contribution in [0.15, 0.2) is 23.2 Å². The summed E-state index contributed by atoms with van der Waals surface area (Å²) >= 11 is 0. The summed E-state index contributed by atoms with van der Waals surface area (Å²) in [4.78, 5) is 4.28. The molecule has 1 aromatic rings. The molecule has 0 radical (unpaired) electrons. The number of halogens is 3. The first-order valence-corrected chi connectivity index (χ1v) is 10.4. The Morgan fingerprint density at radius 3 is 2.61 bits per heavy atom. The van der Waals surface area contributed by atoms with Crippen LogP contribution in [0.3, 0.4) is 0 Å². The second-order valence-electron chi connectivity index (χ2n) is 8.55. The van der Waals surface area contributed by atoms with E-state index in [4.69, 9.17) is 9.47 Å². The van der Waals surface area contributed by atoms with Crippen LogP contribution in [0.1, 0.15) is 39.2 Å². The van der Waals surface area contributed by atoms with Crippen LogP contribution in [-0.2, 0) is 11.2 Å². The van der Waals surface area contributed by atoms with Crippen LogP contribution in [0.25, 0.3) is 0 Å². The van der Waals surface area contributed by atoms with Gasteiger partial charge in [-0.25, -0.2) is 0 Å². The summed E-state index contributed by atoms with van der Waals surface area (Å²) in [7, 11) is 3.15. The highest BCUT2D eigenvalue weighted by atomic mass is 127. The van der Waals surface area contributed by atoms with Crippen molar-refractivity contribution in [3.05, 3.63) is 23.8 Å². The van der Waals surface area contributed by atoms with Gasteiger partial charge in [-0.2, -0.15) is 8.78 Å². The zero-order valence-electron chi connectivity index (χ0n) is 19.0. The van der Waals surface area contributed by atoms with Crippen molar-refractivity contribution < 1.29 is 23.0 Å². The van der Waals surface area contributed by atoms with Gasteiger partial charge in [0, 0.05) is 32.7 Å². The maximum Gasteiger partial charge on any atom is 0.387 e. The fraction of sp³-hybridized carbons (Fsp3) is 0.682. The van der Waals surface area contributed by atoms with Gasteiger partial charge in [-0.1, -0.05) is 26.8 Å². The third kappa shape index (κ3) is 8.96. The molecule has 1 aliphatic heterocycles. The molecule has 0 amide bonds. The molecule has 1 aromatic carbocycles. The number of methoxy groups -OCH3 is 1. The van der Waals surface area contributed by atoms with Gasteiger partial charge in [0.05, 0.1) is 13.2 Å². The maximum absolute atomic E-state index is 12.6. The topological polar surface area (TPSA) is 64.1 Å². The highest BCUT2D eigenvalue weighted by Crippen LogP contribution is 2.33. The number of nitrogens with zero attached hydrogens (tertiary/aromatic N) is 1. The van der Waals surface area contributed by atoms with Crippen molar-refractivity contribution in [3.63, 3.8) is 0 Å². The average Bonchev–Trinajstić information content (AvgIpc) is 2.70. The van der Waals surface area contributed by atoms with E-state index in [0.717, 1.165) is 31.6 Å². The molecule has 1 fully saturated rings. The minimum absolute atomic E-state index is 0. The number of alkyl halides is 2. The summed E-state index contributed by atoms with van der Waals surface area (Å²) < 4.78 is 40.8. The average molecular weight is 555 g/mol. The maximum atomic E-state index is 12.6. The Hall–Kier alpha value is -1.36. The largest absolute Gasteiger partial charge is 0.493 e. The van der Waals surface area contributed by atoms with Gasteiger partial charge in [-0.05, 0) is 42.4 Å². The molecule has 0 saturated carbocycles. The SMILES string of the molecule is CN=C(NCCc1ccc(OC)c(OC(F)F)c1)NCC1CCCOC1C(C)(C)C.I. The molecule has 0 spiro atoms. The van der Waals surface area contributed by atoms with E-state index in [9.17, 15) is 8.78 Å². The molecule has 1 heterocycles. The van der Waals surface area contributed by atoms with E-state index >= 15 is 0 Å². The van der Waals surface area contributed by atoms with Crippen LogP contribution >= 0.6 is 24.0 Å². The van der Waals surface area contributed by atoms with Gasteiger partial charge in [0.25, 0.3) is 0 Å². The lowest BCUT2D eigenvalue weighted by Gasteiger charge is -2.40. The number of ether oxygens (including phenoxy) is 3. The first-order valence-electron chi connectivity index (χ1n) is 10.4. The van der Waals surface area contributed by atoms with Gasteiger partial charge in [-0.3, -0.25) is 4.99 Å². The monoisotopic (exact) mass is 555 g/mol. The van der Waals surface area contributed by atoms with Crippen molar-refractivity contribution in [2.45, 2.75) is 52.7 Å². The van der Waals surface area contributed by atoms with Crippen LogP contribution < -0.4 is 20.1 Å². The normalized spacial score (nSPS) is 19.5. The van der Waals surface area contributed by atoms with Gasteiger partial charge < -0.3 is 24.8 Å². The van der Waals surface area contributed by atoms with E-state index < -0.39 is 6.61 Å². The first-order chi connectivity index (χ1) is 14.2. The highest BCUT2D eigenvalue weighted by molar-refractivity contribution is 14.0. The Labute approximate surface area is 201 Å². The Morgan fingerprint density at radius 1 is 1.26 bits per heavy atom. The molecule has 2 rings (SSSR count). The van der Waals surface area contributed by atoms with Gasteiger partial charge >= 0.3 is 6.61 Å². The minimum Gasteiger partial charge on any atom is -0.493 e. The molecular formula is C22H36F2IN3O3. The van der Waals surface area contributed by atoms with Crippen molar-refractivity contribution in [2.24, 2.45) is 16.3 Å². The molecule has 178 valence electrons. The van der Waals surface area contributed by atoms with E-state index in [-0.39, 0.29) is 47.0 Å². The third-order valence-electron chi connectivity index (χ3n) is 5.20. The van der Waals surface area contributed by atoms with E-state index in [1.165, 1.54) is 7.11 Å². The summed E-state index contributed by atoms with van der Waals surface area (Å²) in [6.45, 7) is 5.96. The molecule has 31 heavy (non-hydrogen) atoms. The Kier molecular flexibility index (Phi) is 11.8. The molecular weight excluding hydrogens is 519 g/mol. The second kappa shape index (κ2) is 13.2. The van der Waals surface area contributed by atoms with Crippen molar-refractivity contribution >= 4 is 29.9 Å².